The molecule has 0 aromatic heterocycles. The van der Waals surface area contributed by atoms with Crippen LogP contribution in [-0.4, -0.2) is 32.9 Å². The summed E-state index contributed by atoms with van der Waals surface area (Å²) in [5, 5.41) is 0.640. The average Bonchev–Trinajstić information content (AvgIpc) is 2.18. The Bertz CT molecular complexity index is 317. The van der Waals surface area contributed by atoms with Crippen molar-refractivity contribution in [3.8, 4) is 5.75 Å². The number of halogens is 1. The van der Waals surface area contributed by atoms with Crippen molar-refractivity contribution in [3.05, 3.63) is 28.8 Å². The van der Waals surface area contributed by atoms with E-state index in [0.717, 1.165) is 12.1 Å². The van der Waals surface area contributed by atoms with Gasteiger partial charge in [0.1, 0.15) is 5.75 Å². The lowest BCUT2D eigenvalue weighted by atomic mass is 10.2. The van der Waals surface area contributed by atoms with Crippen molar-refractivity contribution in [1.29, 1.82) is 0 Å². The molecule has 1 aromatic carbocycles. The number of rotatable bonds is 5. The molecular formula is C11H16ClNO2. The van der Waals surface area contributed by atoms with E-state index in [4.69, 9.17) is 21.1 Å². The molecule has 0 unspecified atom stereocenters. The molecule has 0 radical (unpaired) electrons. The largest absolute Gasteiger partial charge is 0.495 e. The molecule has 0 bridgehead atoms. The lowest BCUT2D eigenvalue weighted by molar-refractivity contribution is 0.0771. The zero-order chi connectivity index (χ0) is 11.3. The lowest BCUT2D eigenvalue weighted by Crippen LogP contribution is -2.20. The van der Waals surface area contributed by atoms with Gasteiger partial charge in [-0.25, -0.2) is 0 Å². The minimum Gasteiger partial charge on any atom is -0.495 e. The summed E-state index contributed by atoms with van der Waals surface area (Å²) in [6.07, 6.45) is 0. The molecule has 0 atom stereocenters. The van der Waals surface area contributed by atoms with E-state index in [-0.39, 0.29) is 0 Å². The molecule has 0 aliphatic carbocycles. The van der Waals surface area contributed by atoms with Crippen LogP contribution in [0, 0.1) is 0 Å². The van der Waals surface area contributed by atoms with Gasteiger partial charge in [-0.15, -0.1) is 0 Å². The smallest absolute Gasteiger partial charge is 0.137 e. The van der Waals surface area contributed by atoms with Crippen LogP contribution >= 0.6 is 11.6 Å². The van der Waals surface area contributed by atoms with Crippen LogP contribution in [0.3, 0.4) is 0 Å². The molecule has 0 aliphatic rings. The Hall–Kier alpha value is -0.770. The molecule has 0 heterocycles. The van der Waals surface area contributed by atoms with Gasteiger partial charge in [0.05, 0.1) is 18.9 Å². The van der Waals surface area contributed by atoms with Crippen molar-refractivity contribution >= 4 is 11.6 Å². The van der Waals surface area contributed by atoms with Crippen molar-refractivity contribution in [2.45, 2.75) is 6.54 Å². The summed E-state index contributed by atoms with van der Waals surface area (Å²) >= 11 is 6.02. The average molecular weight is 230 g/mol. The van der Waals surface area contributed by atoms with Crippen LogP contribution in [0.4, 0.5) is 0 Å². The fraction of sp³-hybridized carbons (Fsp3) is 0.455. The van der Waals surface area contributed by atoms with Gasteiger partial charge in [0.25, 0.3) is 0 Å². The normalized spacial score (nSPS) is 10.7. The standard InChI is InChI=1S/C11H16ClNO2/c1-13(8-14-2)7-9-4-5-11(15-3)10(12)6-9/h4-6H,7-8H2,1-3H3. The summed E-state index contributed by atoms with van der Waals surface area (Å²) in [5.41, 5.74) is 1.14. The molecule has 0 fully saturated rings. The fourth-order valence-electron chi connectivity index (χ4n) is 1.39. The first-order chi connectivity index (χ1) is 7.17. The van der Waals surface area contributed by atoms with Gasteiger partial charge in [0.2, 0.25) is 0 Å². The van der Waals surface area contributed by atoms with E-state index in [0.29, 0.717) is 17.5 Å². The van der Waals surface area contributed by atoms with Gasteiger partial charge >= 0.3 is 0 Å². The number of methoxy groups -OCH3 is 2. The number of nitrogens with zero attached hydrogens (tertiary/aromatic N) is 1. The molecule has 0 aliphatic heterocycles. The van der Waals surface area contributed by atoms with E-state index in [1.54, 1.807) is 14.2 Å². The van der Waals surface area contributed by atoms with Gasteiger partial charge in [0, 0.05) is 13.7 Å². The van der Waals surface area contributed by atoms with E-state index >= 15 is 0 Å². The van der Waals surface area contributed by atoms with Crippen LogP contribution in [0.15, 0.2) is 18.2 Å². The molecule has 3 nitrogen and oxygen atoms in total. The maximum Gasteiger partial charge on any atom is 0.137 e. The molecule has 4 heteroatoms. The Labute approximate surface area is 95.5 Å². The summed E-state index contributed by atoms with van der Waals surface area (Å²) in [4.78, 5) is 2.05. The first-order valence-electron chi connectivity index (χ1n) is 4.67. The number of hydrogen-bond donors (Lipinski definition) is 0. The zero-order valence-corrected chi connectivity index (χ0v) is 10.0. The molecule has 84 valence electrons. The molecule has 1 aromatic rings. The summed E-state index contributed by atoms with van der Waals surface area (Å²) in [5.74, 6) is 0.704. The second-order valence-electron chi connectivity index (χ2n) is 3.40. The van der Waals surface area contributed by atoms with E-state index in [1.165, 1.54) is 0 Å². The Morgan fingerprint density at radius 2 is 2.07 bits per heavy atom. The molecule has 0 amide bonds. The maximum atomic E-state index is 6.02. The third kappa shape index (κ3) is 3.70. The number of hydrogen-bond acceptors (Lipinski definition) is 3. The van der Waals surface area contributed by atoms with E-state index in [2.05, 4.69) is 4.90 Å². The minimum absolute atomic E-state index is 0.601. The third-order valence-electron chi connectivity index (χ3n) is 2.02. The van der Waals surface area contributed by atoms with Gasteiger partial charge in [-0.2, -0.15) is 0 Å². The molecule has 0 spiro atoms. The van der Waals surface area contributed by atoms with Crippen molar-refractivity contribution in [3.63, 3.8) is 0 Å². The van der Waals surface area contributed by atoms with Crippen molar-refractivity contribution in [2.24, 2.45) is 0 Å². The van der Waals surface area contributed by atoms with Crippen LogP contribution in [0.1, 0.15) is 5.56 Å². The highest BCUT2D eigenvalue weighted by molar-refractivity contribution is 6.32. The molecular weight excluding hydrogens is 214 g/mol. The van der Waals surface area contributed by atoms with E-state index < -0.39 is 0 Å². The molecule has 15 heavy (non-hydrogen) atoms. The molecule has 0 N–H and O–H groups in total. The number of benzene rings is 1. The highest BCUT2D eigenvalue weighted by Gasteiger charge is 2.04. The first-order valence-corrected chi connectivity index (χ1v) is 5.05. The maximum absolute atomic E-state index is 6.02. The van der Waals surface area contributed by atoms with Gasteiger partial charge in [0.15, 0.2) is 0 Å². The Morgan fingerprint density at radius 3 is 2.60 bits per heavy atom. The summed E-state index contributed by atoms with van der Waals surface area (Å²) in [6.45, 7) is 1.40. The third-order valence-corrected chi connectivity index (χ3v) is 2.31. The van der Waals surface area contributed by atoms with Crippen LogP contribution in [-0.2, 0) is 11.3 Å². The van der Waals surface area contributed by atoms with Crippen molar-refractivity contribution in [1.82, 2.24) is 4.90 Å². The van der Waals surface area contributed by atoms with Crippen molar-refractivity contribution in [2.75, 3.05) is 28.0 Å². The molecule has 1 rings (SSSR count). The summed E-state index contributed by atoms with van der Waals surface area (Å²) < 4.78 is 10.1. The van der Waals surface area contributed by atoms with E-state index in [9.17, 15) is 0 Å². The highest BCUT2D eigenvalue weighted by atomic mass is 35.5. The predicted molar refractivity (Wildman–Crippen MR) is 61.3 cm³/mol. The minimum atomic E-state index is 0.601. The van der Waals surface area contributed by atoms with Crippen LogP contribution < -0.4 is 4.74 Å². The summed E-state index contributed by atoms with van der Waals surface area (Å²) in [7, 11) is 5.27. The van der Waals surface area contributed by atoms with Gasteiger partial charge < -0.3 is 9.47 Å². The van der Waals surface area contributed by atoms with Gasteiger partial charge in [-0.05, 0) is 24.7 Å². The Kier molecular flexibility index (Phi) is 4.88. The second-order valence-corrected chi connectivity index (χ2v) is 3.81. The van der Waals surface area contributed by atoms with Crippen LogP contribution in [0.25, 0.3) is 0 Å². The fourth-order valence-corrected chi connectivity index (χ4v) is 1.67. The van der Waals surface area contributed by atoms with Crippen molar-refractivity contribution < 1.29 is 9.47 Å². The monoisotopic (exact) mass is 229 g/mol. The predicted octanol–water partition coefficient (Wildman–Crippen LogP) is 2.38. The first kappa shape index (κ1) is 12.3. The lowest BCUT2D eigenvalue weighted by Gasteiger charge is -2.15. The topological polar surface area (TPSA) is 21.7 Å². The summed E-state index contributed by atoms with van der Waals surface area (Å²) in [6, 6.07) is 5.78. The van der Waals surface area contributed by atoms with Gasteiger partial charge in [-0.3, -0.25) is 4.90 Å². The Balaban J connectivity index is 2.66. The van der Waals surface area contributed by atoms with Crippen LogP contribution in [0.2, 0.25) is 5.02 Å². The van der Waals surface area contributed by atoms with E-state index in [1.807, 2.05) is 25.2 Å². The van der Waals surface area contributed by atoms with Crippen LogP contribution in [0.5, 0.6) is 5.75 Å². The second kappa shape index (κ2) is 5.95. The Morgan fingerprint density at radius 1 is 1.33 bits per heavy atom. The molecule has 0 saturated carbocycles. The zero-order valence-electron chi connectivity index (χ0n) is 9.29. The SMILES string of the molecule is COCN(C)Cc1ccc(OC)c(Cl)c1. The van der Waals surface area contributed by atoms with Gasteiger partial charge in [-0.1, -0.05) is 17.7 Å². The molecule has 0 saturated heterocycles. The highest BCUT2D eigenvalue weighted by Crippen LogP contribution is 2.25. The quantitative estimate of drug-likeness (QED) is 0.724. The number of ether oxygens (including phenoxy) is 2.